The first-order chi connectivity index (χ1) is 12.5. The number of piperidine rings is 1. The molecule has 0 bridgehead atoms. The second-order valence-corrected chi connectivity index (χ2v) is 6.65. The van der Waals surface area contributed by atoms with Gasteiger partial charge in [0.05, 0.1) is 17.2 Å². The van der Waals surface area contributed by atoms with Crippen LogP contribution in [0.2, 0.25) is 0 Å². The third-order valence-corrected chi connectivity index (χ3v) is 5.15. The lowest BCUT2D eigenvalue weighted by molar-refractivity contribution is -0.384. The van der Waals surface area contributed by atoms with E-state index in [4.69, 9.17) is 4.42 Å². The van der Waals surface area contributed by atoms with Crippen molar-refractivity contribution in [3.05, 3.63) is 58.5 Å². The fourth-order valence-corrected chi connectivity index (χ4v) is 3.45. The molecule has 1 amide bonds. The molecule has 0 saturated carbocycles. The van der Waals surface area contributed by atoms with Gasteiger partial charge in [-0.05, 0) is 38.0 Å². The molecule has 0 aliphatic carbocycles. The smallest absolute Gasteiger partial charge is 0.292 e. The van der Waals surface area contributed by atoms with Crippen LogP contribution in [0.4, 0.5) is 11.4 Å². The molecule has 1 unspecified atom stereocenters. The second kappa shape index (κ2) is 7.59. The van der Waals surface area contributed by atoms with E-state index in [0.717, 1.165) is 5.76 Å². The predicted molar refractivity (Wildman–Crippen MR) is 97.9 cm³/mol. The molecule has 3 rings (SSSR count). The average molecular weight is 357 g/mol. The lowest BCUT2D eigenvalue weighted by Crippen LogP contribution is -2.42. The van der Waals surface area contributed by atoms with Gasteiger partial charge >= 0.3 is 0 Å². The summed E-state index contributed by atoms with van der Waals surface area (Å²) in [6.45, 7) is 3.20. The minimum Gasteiger partial charge on any atom is -0.467 e. The highest BCUT2D eigenvalue weighted by Crippen LogP contribution is 2.32. The van der Waals surface area contributed by atoms with Crippen molar-refractivity contribution in [1.82, 2.24) is 4.90 Å². The second-order valence-electron chi connectivity index (χ2n) is 6.65. The zero-order valence-corrected chi connectivity index (χ0v) is 15.0. The number of hydrogen-bond donors (Lipinski definition) is 0. The van der Waals surface area contributed by atoms with Crippen molar-refractivity contribution in [2.24, 2.45) is 5.92 Å². The number of rotatable bonds is 5. The van der Waals surface area contributed by atoms with Crippen molar-refractivity contribution in [3.63, 3.8) is 0 Å². The van der Waals surface area contributed by atoms with E-state index in [1.54, 1.807) is 36.4 Å². The molecular formula is C19H23N3O4. The first-order valence-electron chi connectivity index (χ1n) is 8.77. The Morgan fingerprint density at radius 1 is 1.27 bits per heavy atom. The number of carbonyl (C=O) groups excluding carboxylic acids is 1. The molecule has 138 valence electrons. The molecule has 7 nitrogen and oxygen atoms in total. The van der Waals surface area contributed by atoms with Gasteiger partial charge in [-0.3, -0.25) is 14.9 Å². The topological polar surface area (TPSA) is 79.8 Å². The maximum Gasteiger partial charge on any atom is 0.292 e. The lowest BCUT2D eigenvalue weighted by atomic mass is 9.94. The summed E-state index contributed by atoms with van der Waals surface area (Å²) < 4.78 is 5.40. The van der Waals surface area contributed by atoms with Crippen molar-refractivity contribution >= 4 is 17.3 Å². The monoisotopic (exact) mass is 357 g/mol. The minimum absolute atomic E-state index is 0.0727. The molecule has 1 aromatic carbocycles. The molecule has 1 aliphatic heterocycles. The van der Waals surface area contributed by atoms with Gasteiger partial charge in [-0.15, -0.1) is 0 Å². The predicted octanol–water partition coefficient (Wildman–Crippen LogP) is 3.62. The van der Waals surface area contributed by atoms with Crippen LogP contribution < -0.4 is 4.90 Å². The standard InChI is InChI=1S/C19H23N3O4/c1-14(18-8-5-13-26-18)20(2)19(23)15-9-11-21(12-10-15)16-6-3-4-7-17(16)22(24)25/h3-8,13-15H,9-12H2,1-2H3. The molecule has 1 saturated heterocycles. The number of nitro benzene ring substituents is 1. The molecule has 7 heteroatoms. The van der Waals surface area contributed by atoms with E-state index in [0.29, 0.717) is 31.6 Å². The van der Waals surface area contributed by atoms with Crippen molar-refractivity contribution < 1.29 is 14.1 Å². The van der Waals surface area contributed by atoms with Gasteiger partial charge < -0.3 is 14.2 Å². The van der Waals surface area contributed by atoms with Crippen LogP contribution in [0.25, 0.3) is 0 Å². The fourth-order valence-electron chi connectivity index (χ4n) is 3.45. The van der Waals surface area contributed by atoms with Crippen LogP contribution in [-0.2, 0) is 4.79 Å². The number of amides is 1. The Morgan fingerprint density at radius 2 is 1.96 bits per heavy atom. The first-order valence-corrected chi connectivity index (χ1v) is 8.77. The van der Waals surface area contributed by atoms with Crippen LogP contribution in [0.3, 0.4) is 0 Å². The van der Waals surface area contributed by atoms with Crippen LogP contribution in [0.1, 0.15) is 31.6 Å². The van der Waals surface area contributed by atoms with E-state index in [2.05, 4.69) is 0 Å². The molecule has 1 fully saturated rings. The summed E-state index contributed by atoms with van der Waals surface area (Å²) in [5.41, 5.74) is 0.738. The summed E-state index contributed by atoms with van der Waals surface area (Å²) in [5.74, 6) is 0.783. The van der Waals surface area contributed by atoms with Gasteiger partial charge in [-0.2, -0.15) is 0 Å². The van der Waals surface area contributed by atoms with Crippen molar-refractivity contribution in [2.75, 3.05) is 25.0 Å². The largest absolute Gasteiger partial charge is 0.467 e. The van der Waals surface area contributed by atoms with Gasteiger partial charge in [0, 0.05) is 32.1 Å². The van der Waals surface area contributed by atoms with Crippen molar-refractivity contribution in [1.29, 1.82) is 0 Å². The number of nitrogens with zero attached hydrogens (tertiary/aromatic N) is 3. The maximum atomic E-state index is 12.8. The summed E-state index contributed by atoms with van der Waals surface area (Å²) in [6.07, 6.45) is 2.97. The number of furan rings is 1. The number of hydrogen-bond acceptors (Lipinski definition) is 5. The Bertz CT molecular complexity index is 767. The Labute approximate surface area is 152 Å². The molecule has 2 heterocycles. The van der Waals surface area contributed by atoms with Crippen molar-refractivity contribution in [3.8, 4) is 0 Å². The molecule has 2 aromatic rings. The highest BCUT2D eigenvalue weighted by atomic mass is 16.6. The third kappa shape index (κ3) is 3.56. The summed E-state index contributed by atoms with van der Waals surface area (Å²) in [6, 6.07) is 10.3. The average Bonchev–Trinajstić information content (AvgIpc) is 3.21. The van der Waals surface area contributed by atoms with Crippen molar-refractivity contribution in [2.45, 2.75) is 25.8 Å². The van der Waals surface area contributed by atoms with Crippen LogP contribution >= 0.6 is 0 Å². The van der Waals surface area contributed by atoms with Gasteiger partial charge in [0.25, 0.3) is 5.69 Å². The zero-order chi connectivity index (χ0) is 18.7. The van der Waals surface area contributed by atoms with Gasteiger partial charge in [-0.1, -0.05) is 12.1 Å². The summed E-state index contributed by atoms with van der Waals surface area (Å²) in [4.78, 5) is 27.4. The molecule has 1 atom stereocenters. The van der Waals surface area contributed by atoms with Gasteiger partial charge in [-0.25, -0.2) is 0 Å². The maximum absolute atomic E-state index is 12.8. The Hall–Kier alpha value is -2.83. The first kappa shape index (κ1) is 18.0. The molecule has 0 N–H and O–H groups in total. The van der Waals surface area contributed by atoms with Crippen LogP contribution in [0, 0.1) is 16.0 Å². The summed E-state index contributed by atoms with van der Waals surface area (Å²) in [5, 5.41) is 11.2. The molecule has 0 spiro atoms. The molecule has 1 aliphatic rings. The molecular weight excluding hydrogens is 334 g/mol. The fraction of sp³-hybridized carbons (Fsp3) is 0.421. The highest BCUT2D eigenvalue weighted by molar-refractivity contribution is 5.79. The summed E-state index contributed by atoms with van der Waals surface area (Å²) in [7, 11) is 1.80. The molecule has 0 radical (unpaired) electrons. The normalized spacial score (nSPS) is 16.3. The lowest BCUT2D eigenvalue weighted by Gasteiger charge is -2.35. The van der Waals surface area contributed by atoms with Gasteiger partial charge in [0.1, 0.15) is 11.4 Å². The third-order valence-electron chi connectivity index (χ3n) is 5.15. The Kier molecular flexibility index (Phi) is 5.25. The number of carbonyl (C=O) groups is 1. The van der Waals surface area contributed by atoms with Crippen LogP contribution in [0.15, 0.2) is 47.1 Å². The van der Waals surface area contributed by atoms with E-state index < -0.39 is 0 Å². The van der Waals surface area contributed by atoms with Gasteiger partial charge in [0.2, 0.25) is 5.91 Å². The highest BCUT2D eigenvalue weighted by Gasteiger charge is 2.31. The van der Waals surface area contributed by atoms with E-state index in [1.807, 2.05) is 24.0 Å². The van der Waals surface area contributed by atoms with Gasteiger partial charge in [0.15, 0.2) is 0 Å². The summed E-state index contributed by atoms with van der Waals surface area (Å²) >= 11 is 0. The van der Waals surface area contributed by atoms with Crippen LogP contribution in [-0.4, -0.2) is 35.9 Å². The zero-order valence-electron chi connectivity index (χ0n) is 15.0. The minimum atomic E-state index is -0.356. The number of anilines is 1. The Balaban J connectivity index is 1.63. The number of para-hydroxylation sites is 2. The quantitative estimate of drug-likeness (QED) is 0.603. The molecule has 26 heavy (non-hydrogen) atoms. The SMILES string of the molecule is CC(c1ccco1)N(C)C(=O)C1CCN(c2ccccc2[N+](=O)[O-])CC1. The van der Waals surface area contributed by atoms with E-state index >= 15 is 0 Å². The van der Waals surface area contributed by atoms with E-state index in [1.165, 1.54) is 6.07 Å². The van der Waals surface area contributed by atoms with Crippen LogP contribution in [0.5, 0.6) is 0 Å². The van der Waals surface area contributed by atoms with E-state index in [9.17, 15) is 14.9 Å². The number of benzene rings is 1. The molecule has 1 aromatic heterocycles. The van der Waals surface area contributed by atoms with E-state index in [-0.39, 0.29) is 28.5 Å². The Morgan fingerprint density at radius 3 is 2.58 bits per heavy atom. The number of nitro groups is 1.